The van der Waals surface area contributed by atoms with Gasteiger partial charge in [-0.05, 0) is 80.1 Å². The summed E-state index contributed by atoms with van der Waals surface area (Å²) in [5.74, 6) is 0.940. The van der Waals surface area contributed by atoms with Crippen molar-refractivity contribution < 1.29 is 13.9 Å². The highest BCUT2D eigenvalue weighted by Gasteiger charge is 2.24. The fourth-order valence-corrected chi connectivity index (χ4v) is 6.18. The van der Waals surface area contributed by atoms with Crippen LogP contribution in [0.5, 0.6) is 11.5 Å². The maximum absolute atomic E-state index is 14.9. The molecular weight excluding hydrogens is 497 g/mol. The summed E-state index contributed by atoms with van der Waals surface area (Å²) in [7, 11) is 0. The molecule has 2 aliphatic rings. The Balaban J connectivity index is 1.16. The van der Waals surface area contributed by atoms with Gasteiger partial charge in [-0.15, -0.1) is 11.3 Å². The molecule has 38 heavy (non-hydrogen) atoms. The number of likely N-dealkylation sites (tertiary alicyclic amines) is 1. The maximum atomic E-state index is 14.9. The zero-order valence-corrected chi connectivity index (χ0v) is 22.3. The van der Waals surface area contributed by atoms with Gasteiger partial charge in [-0.3, -0.25) is 19.7 Å². The van der Waals surface area contributed by atoms with Gasteiger partial charge in [0.25, 0.3) is 0 Å². The van der Waals surface area contributed by atoms with E-state index in [0.29, 0.717) is 23.7 Å². The van der Waals surface area contributed by atoms with Crippen LogP contribution in [0, 0.1) is 11.7 Å². The highest BCUT2D eigenvalue weighted by atomic mass is 32.1. The lowest BCUT2D eigenvalue weighted by Crippen LogP contribution is -2.23. The van der Waals surface area contributed by atoms with Crippen molar-refractivity contribution in [2.45, 2.75) is 57.9 Å². The van der Waals surface area contributed by atoms with Crippen molar-refractivity contribution >= 4 is 27.3 Å². The summed E-state index contributed by atoms with van der Waals surface area (Å²) in [6.45, 7) is 3.26. The van der Waals surface area contributed by atoms with Gasteiger partial charge in [0.2, 0.25) is 0 Å². The molecule has 5 nitrogen and oxygen atoms in total. The molecule has 1 saturated heterocycles. The number of halogens is 1. The Morgan fingerprint density at radius 1 is 0.974 bits per heavy atom. The van der Waals surface area contributed by atoms with Gasteiger partial charge in [0, 0.05) is 37.8 Å². The smallest absolute Gasteiger partial charge is 0.166 e. The number of benzene rings is 1. The summed E-state index contributed by atoms with van der Waals surface area (Å²) in [5, 5.41) is 0. The second-order valence-corrected chi connectivity index (χ2v) is 11.7. The molecule has 0 atom stereocenters. The summed E-state index contributed by atoms with van der Waals surface area (Å²) in [6.07, 6.45) is 12.0. The Morgan fingerprint density at radius 3 is 2.53 bits per heavy atom. The van der Waals surface area contributed by atoms with Gasteiger partial charge in [0.05, 0.1) is 20.8 Å². The summed E-state index contributed by atoms with van der Waals surface area (Å²) in [6, 6.07) is 12.8. The summed E-state index contributed by atoms with van der Waals surface area (Å²) < 4.78 is 21.8. The number of carbonyl (C=O) groups is 1. The molecule has 4 heterocycles. The lowest BCUT2D eigenvalue weighted by atomic mass is 10.0. The average Bonchev–Trinajstić information content (AvgIpc) is 3.67. The van der Waals surface area contributed by atoms with E-state index in [2.05, 4.69) is 22.0 Å². The molecular formula is C31H32FN3O2S. The number of carbonyl (C=O) groups excluding carboxylic acids is 1. The monoisotopic (exact) mass is 529 g/mol. The fraction of sp³-hybridized carbons (Fsp3) is 0.387. The molecule has 0 unspecified atom stereocenters. The van der Waals surface area contributed by atoms with Crippen molar-refractivity contribution in [2.24, 2.45) is 5.92 Å². The van der Waals surface area contributed by atoms with Crippen LogP contribution in [0.2, 0.25) is 0 Å². The first-order valence-electron chi connectivity index (χ1n) is 13.6. The second kappa shape index (κ2) is 11.3. The van der Waals surface area contributed by atoms with Crippen LogP contribution in [-0.2, 0) is 17.8 Å². The number of Topliss-reactive ketones (excluding diaryl/α,β-unsaturated/α-hetero) is 1. The van der Waals surface area contributed by atoms with Crippen molar-refractivity contribution in [3.8, 4) is 22.1 Å². The van der Waals surface area contributed by atoms with E-state index in [9.17, 15) is 9.18 Å². The third-order valence-corrected chi connectivity index (χ3v) is 8.55. The molecule has 0 bridgehead atoms. The number of ketones is 1. The van der Waals surface area contributed by atoms with Gasteiger partial charge in [0.15, 0.2) is 11.6 Å². The first kappa shape index (κ1) is 25.1. The predicted octanol–water partition coefficient (Wildman–Crippen LogP) is 7.58. The third kappa shape index (κ3) is 6.11. The Hall–Kier alpha value is -3.16. The number of rotatable bonds is 9. The van der Waals surface area contributed by atoms with Crippen LogP contribution in [0.25, 0.3) is 20.8 Å². The normalized spacial score (nSPS) is 16.4. The molecule has 2 fully saturated rings. The minimum absolute atomic E-state index is 0.141. The molecule has 7 heteroatoms. The molecule has 6 rings (SSSR count). The van der Waals surface area contributed by atoms with E-state index in [-0.39, 0.29) is 18.0 Å². The van der Waals surface area contributed by atoms with Gasteiger partial charge in [-0.1, -0.05) is 25.0 Å². The average molecular weight is 530 g/mol. The van der Waals surface area contributed by atoms with Crippen molar-refractivity contribution in [1.82, 2.24) is 14.9 Å². The lowest BCUT2D eigenvalue weighted by Gasteiger charge is -2.19. The summed E-state index contributed by atoms with van der Waals surface area (Å²) in [4.78, 5) is 24.9. The van der Waals surface area contributed by atoms with Crippen LogP contribution in [0.1, 0.15) is 56.1 Å². The minimum atomic E-state index is -0.467. The van der Waals surface area contributed by atoms with Crippen LogP contribution < -0.4 is 4.74 Å². The second-order valence-electron chi connectivity index (χ2n) is 10.6. The molecule has 0 spiro atoms. The first-order chi connectivity index (χ1) is 18.6. The van der Waals surface area contributed by atoms with Crippen molar-refractivity contribution in [3.05, 3.63) is 71.8 Å². The molecule has 1 aliphatic heterocycles. The fourth-order valence-electron chi connectivity index (χ4n) is 5.14. The number of fused-ring (bicyclic) bond motifs is 1. The largest absolute Gasteiger partial charge is 0.453 e. The highest BCUT2D eigenvalue weighted by Crippen LogP contribution is 2.39. The zero-order valence-electron chi connectivity index (χ0n) is 21.5. The number of ether oxygens (including phenoxy) is 1. The molecule has 1 saturated carbocycles. The number of hydrogen-bond acceptors (Lipinski definition) is 6. The van der Waals surface area contributed by atoms with Crippen LogP contribution in [0.15, 0.2) is 54.9 Å². The van der Waals surface area contributed by atoms with Gasteiger partial charge in [-0.2, -0.15) is 0 Å². The lowest BCUT2D eigenvalue weighted by molar-refractivity contribution is -0.118. The van der Waals surface area contributed by atoms with Gasteiger partial charge in [0.1, 0.15) is 11.5 Å². The molecule has 4 aromatic rings. The van der Waals surface area contributed by atoms with Crippen LogP contribution in [-0.4, -0.2) is 33.7 Å². The van der Waals surface area contributed by atoms with E-state index in [1.54, 1.807) is 35.7 Å². The Morgan fingerprint density at radius 2 is 1.79 bits per heavy atom. The van der Waals surface area contributed by atoms with E-state index < -0.39 is 5.82 Å². The third-order valence-electron chi connectivity index (χ3n) is 7.39. The summed E-state index contributed by atoms with van der Waals surface area (Å²) in [5.41, 5.74) is 3.60. The summed E-state index contributed by atoms with van der Waals surface area (Å²) >= 11 is 1.54. The first-order valence-corrected chi connectivity index (χ1v) is 14.5. The van der Waals surface area contributed by atoms with E-state index in [0.717, 1.165) is 53.3 Å². The number of aromatic nitrogens is 2. The number of thiophene rings is 1. The number of nitrogens with zero attached hydrogens (tertiary/aromatic N) is 3. The molecule has 1 aliphatic carbocycles. The van der Waals surface area contributed by atoms with E-state index >= 15 is 0 Å². The molecule has 196 valence electrons. The molecule has 0 radical (unpaired) electrons. The Kier molecular flexibility index (Phi) is 7.47. The quantitative estimate of drug-likeness (QED) is 0.224. The van der Waals surface area contributed by atoms with Crippen molar-refractivity contribution in [1.29, 1.82) is 0 Å². The highest BCUT2D eigenvalue weighted by molar-refractivity contribution is 7.22. The van der Waals surface area contributed by atoms with E-state index in [4.69, 9.17) is 9.72 Å². The van der Waals surface area contributed by atoms with Gasteiger partial charge < -0.3 is 4.74 Å². The molecule has 3 aromatic heterocycles. The van der Waals surface area contributed by atoms with Gasteiger partial charge >= 0.3 is 0 Å². The standard InChI is InChI=1S/C31H32FN3O2S/c32-25-17-22(16-24(36)15-21-5-6-21)8-10-28(25)37-29-11-12-33-27-18-30(38-31(27)29)26-9-7-23(19-34-26)20-35-13-3-1-2-4-14-35/h7-12,17-19,21H,1-6,13-16,20H2. The van der Waals surface area contributed by atoms with Crippen molar-refractivity contribution in [3.63, 3.8) is 0 Å². The van der Waals surface area contributed by atoms with Crippen LogP contribution in [0.3, 0.4) is 0 Å². The molecule has 1 aromatic carbocycles. The maximum Gasteiger partial charge on any atom is 0.166 e. The van der Waals surface area contributed by atoms with Crippen molar-refractivity contribution in [2.75, 3.05) is 13.1 Å². The topological polar surface area (TPSA) is 55.3 Å². The van der Waals surface area contributed by atoms with E-state index in [1.165, 1.54) is 37.3 Å². The SMILES string of the molecule is O=C(Cc1ccc(Oc2ccnc3cc(-c4ccc(CN5CCCCCC5)cn4)sc23)c(F)c1)CC1CC1. The predicted molar refractivity (Wildman–Crippen MR) is 149 cm³/mol. The Labute approximate surface area is 226 Å². The Bertz CT molecular complexity index is 1420. The zero-order chi connectivity index (χ0) is 25.9. The van der Waals surface area contributed by atoms with E-state index in [1.807, 2.05) is 12.3 Å². The van der Waals surface area contributed by atoms with Gasteiger partial charge in [-0.25, -0.2) is 4.39 Å². The number of pyridine rings is 2. The molecule has 0 N–H and O–H groups in total. The number of hydrogen-bond donors (Lipinski definition) is 0. The molecule has 0 amide bonds. The minimum Gasteiger partial charge on any atom is -0.453 e. The van der Waals surface area contributed by atoms with Crippen LogP contribution in [0.4, 0.5) is 4.39 Å². The van der Waals surface area contributed by atoms with Crippen LogP contribution >= 0.6 is 11.3 Å².